The summed E-state index contributed by atoms with van der Waals surface area (Å²) in [5.41, 5.74) is 0. The van der Waals surface area contributed by atoms with Gasteiger partial charge in [-0.25, -0.2) is 0 Å². The van der Waals surface area contributed by atoms with E-state index in [9.17, 15) is 0 Å². The van der Waals surface area contributed by atoms with Gasteiger partial charge in [-0.3, -0.25) is 0 Å². The first kappa shape index (κ1) is 23.6. The number of hydrogen-bond donors (Lipinski definition) is 1. The molecule has 0 aliphatic carbocycles. The molecule has 1 N–H and O–H groups in total. The van der Waals surface area contributed by atoms with Gasteiger partial charge in [-0.1, -0.05) is 0 Å². The molecule has 0 aromatic heterocycles. The Hall–Kier alpha value is 1.50. The number of hydrogen-bond acceptors (Lipinski definition) is 3. The summed E-state index contributed by atoms with van der Waals surface area (Å²) in [5.74, 6) is 0. The molecule has 0 fully saturated rings. The maximum Gasteiger partial charge on any atom is 0.282 e. The van der Waals surface area contributed by atoms with Crippen LogP contribution in [0, 0.1) is 10.8 Å². The summed E-state index contributed by atoms with van der Waals surface area (Å²) in [5, 5.41) is 0. The van der Waals surface area contributed by atoms with Gasteiger partial charge in [-0.2, -0.15) is 0 Å². The van der Waals surface area contributed by atoms with Gasteiger partial charge < -0.3 is 9.32 Å². The minimum atomic E-state index is -2.60. The van der Waals surface area contributed by atoms with Crippen LogP contribution in [0.5, 0.6) is 0 Å². The molecule has 0 radical (unpaired) electrons. The Kier molecular flexibility index (Phi) is 52.8. The van der Waals surface area contributed by atoms with E-state index in [1.54, 1.807) is 0 Å². The average Bonchev–Trinajstić information content (AvgIpc) is 0.811. The van der Waals surface area contributed by atoms with Crippen LogP contribution in [0.4, 0.5) is 0 Å². The summed E-state index contributed by atoms with van der Waals surface area (Å²) in [6.07, 6.45) is 0. The van der Waals surface area contributed by atoms with E-state index in [1.807, 2.05) is 0 Å². The van der Waals surface area contributed by atoms with Crippen LogP contribution in [0.3, 0.4) is 0 Å². The third kappa shape index (κ3) is 101. The fourth-order valence-corrected chi connectivity index (χ4v) is 0. The molecule has 0 bridgehead atoms. The average molecular weight is 233 g/mol. The van der Waals surface area contributed by atoms with Crippen molar-refractivity contribution in [3.8, 4) is 0 Å². The van der Waals surface area contributed by atoms with Gasteiger partial charge in [0.2, 0.25) is 0 Å². The first-order chi connectivity index (χ1) is 1.73. The fraction of sp³-hybridized carbons (Fsp3) is 0. The zero-order valence-electron chi connectivity index (χ0n) is 2.76. The Bertz CT molecular complexity index is 15.7. The second-order valence-electron chi connectivity index (χ2n) is 0.201. The van der Waals surface area contributed by atoms with Crippen molar-refractivity contribution in [2.45, 2.75) is 0 Å². The third-order valence-corrected chi connectivity index (χ3v) is 0. The molecule has 0 aliphatic heterocycles. The van der Waals surface area contributed by atoms with Crippen LogP contribution in [0.1, 0.15) is 0 Å². The monoisotopic (exact) mass is 232 g/mol. The fourth-order valence-electron chi connectivity index (χ4n) is 0. The molecule has 0 spiro atoms. The van der Waals surface area contributed by atoms with Crippen LogP contribution in [-0.2, 0) is 34.1 Å². The van der Waals surface area contributed by atoms with Crippen LogP contribution in [0.25, 0.3) is 0 Å². The van der Waals surface area contributed by atoms with Crippen LogP contribution >= 0.6 is 12.4 Å². The second-order valence-corrected chi connectivity index (χ2v) is 0.603. The standard InChI is InChI=1S/ClHO3.ClH.2Fe/c2-1(3)4;;;/h2H;1H;;. The molecule has 0 saturated heterocycles. The molecule has 0 aromatic carbocycles. The van der Waals surface area contributed by atoms with Crippen LogP contribution < -0.4 is 9.32 Å². The largest absolute Gasteiger partial charge is 0.321 e. The molecule has 7 heteroatoms. The zero-order chi connectivity index (χ0) is 3.58. The molecule has 0 unspecified atom stereocenters. The minimum absolute atomic E-state index is 0. The van der Waals surface area contributed by atoms with E-state index < -0.39 is 10.8 Å². The van der Waals surface area contributed by atoms with Gasteiger partial charge in [0.15, 0.2) is 0 Å². The summed E-state index contributed by atoms with van der Waals surface area (Å²) in [7, 11) is -2.60. The zero-order valence-corrected chi connectivity index (χ0v) is 6.54. The van der Waals surface area contributed by atoms with Gasteiger partial charge >= 0.3 is 0 Å². The summed E-state index contributed by atoms with van der Waals surface area (Å²) in [6, 6.07) is 0. The second kappa shape index (κ2) is 15.6. The van der Waals surface area contributed by atoms with Gasteiger partial charge in [0.1, 0.15) is 0 Å². The molecule has 0 aliphatic rings. The Morgan fingerprint density at radius 3 is 1.14 bits per heavy atom. The van der Waals surface area contributed by atoms with E-state index >= 15 is 0 Å². The van der Waals surface area contributed by atoms with E-state index in [1.165, 1.54) is 0 Å². The quantitative estimate of drug-likeness (QED) is 0.469. The van der Waals surface area contributed by atoms with Crippen LogP contribution in [-0.4, -0.2) is 4.66 Å². The van der Waals surface area contributed by atoms with Crippen molar-refractivity contribution in [2.24, 2.45) is 0 Å². The van der Waals surface area contributed by atoms with Crippen molar-refractivity contribution in [1.82, 2.24) is 0 Å². The molecule has 0 saturated carbocycles. The number of rotatable bonds is 0. The Balaban J connectivity index is -0.0000000150. The predicted molar refractivity (Wildman–Crippen MR) is 9.47 cm³/mol. The summed E-state index contributed by atoms with van der Waals surface area (Å²) < 4.78 is 24.0. The van der Waals surface area contributed by atoms with E-state index in [-0.39, 0.29) is 46.5 Å². The van der Waals surface area contributed by atoms with E-state index in [0.29, 0.717) is 0 Å². The SMILES string of the molecule is Cl.[Fe].[Fe].[O-][Cl+2]([O-])O. The number of halogens is 2. The molecular formula is H2Cl2Fe2O3. The van der Waals surface area contributed by atoms with Gasteiger partial charge in [0, 0.05) is 38.8 Å². The van der Waals surface area contributed by atoms with Crippen molar-refractivity contribution in [3.63, 3.8) is 0 Å². The van der Waals surface area contributed by atoms with E-state index in [4.69, 9.17) is 14.0 Å². The minimum Gasteiger partial charge on any atom is -0.321 e. The van der Waals surface area contributed by atoms with E-state index in [0.717, 1.165) is 0 Å². The first-order valence-corrected chi connectivity index (χ1v) is 1.43. The molecule has 0 amide bonds. The topological polar surface area (TPSA) is 66.3 Å². The van der Waals surface area contributed by atoms with Gasteiger partial charge in [-0.05, 0) is 0 Å². The summed E-state index contributed by atoms with van der Waals surface area (Å²) in [4.78, 5) is 0. The van der Waals surface area contributed by atoms with Crippen molar-refractivity contribution in [1.29, 1.82) is 0 Å². The molecule has 0 rings (SSSR count). The maximum absolute atomic E-state index is 8.52. The Morgan fingerprint density at radius 2 is 1.14 bits per heavy atom. The molecule has 3 nitrogen and oxygen atoms in total. The van der Waals surface area contributed by atoms with Crippen molar-refractivity contribution < 1.29 is 58.9 Å². The Morgan fingerprint density at radius 1 is 1.14 bits per heavy atom. The molecule has 0 heterocycles. The molecule has 0 atom stereocenters. The molecular weight excluding hydrogens is 231 g/mol. The van der Waals surface area contributed by atoms with Gasteiger partial charge in [-0.15, -0.1) is 12.4 Å². The van der Waals surface area contributed by atoms with Gasteiger partial charge in [0.05, 0.1) is 0 Å². The van der Waals surface area contributed by atoms with Gasteiger partial charge in [0.25, 0.3) is 10.8 Å². The third-order valence-electron chi connectivity index (χ3n) is 0. The summed E-state index contributed by atoms with van der Waals surface area (Å²) in [6.45, 7) is 0. The van der Waals surface area contributed by atoms with Crippen molar-refractivity contribution >= 4 is 12.4 Å². The molecule has 7 heavy (non-hydrogen) atoms. The van der Waals surface area contributed by atoms with Crippen LogP contribution in [0.15, 0.2) is 0 Å². The smallest absolute Gasteiger partial charge is 0.282 e. The van der Waals surface area contributed by atoms with E-state index in [2.05, 4.69) is 0 Å². The van der Waals surface area contributed by atoms with Crippen LogP contribution in [0.2, 0.25) is 0 Å². The molecule has 50 valence electrons. The molecule has 0 aromatic rings. The summed E-state index contributed by atoms with van der Waals surface area (Å²) >= 11 is 0. The predicted octanol–water partition coefficient (Wildman–Crippen LogP) is -2.52. The van der Waals surface area contributed by atoms with Crippen molar-refractivity contribution in [3.05, 3.63) is 0 Å². The van der Waals surface area contributed by atoms with Crippen molar-refractivity contribution in [2.75, 3.05) is 0 Å². The first-order valence-electron chi connectivity index (χ1n) is 0.478. The maximum atomic E-state index is 8.52. The Labute approximate surface area is 71.2 Å². The normalized spacial score (nSPS) is 5.14.